The number of carbonyl (C=O) groups is 1. The minimum Gasteiger partial charge on any atom is -0.334 e. The minimum atomic E-state index is -0.350. The van der Waals surface area contributed by atoms with Gasteiger partial charge in [0.05, 0.1) is 0 Å². The fourth-order valence-corrected chi connectivity index (χ4v) is 2.44. The molecule has 2 amide bonds. The van der Waals surface area contributed by atoms with Crippen molar-refractivity contribution in [3.8, 4) is 0 Å². The van der Waals surface area contributed by atoms with E-state index in [1.165, 1.54) is 23.5 Å². The number of amides is 2. The lowest BCUT2D eigenvalue weighted by molar-refractivity contribution is 0.251. The van der Waals surface area contributed by atoms with Crippen molar-refractivity contribution in [1.29, 1.82) is 0 Å². The molecule has 7 heteroatoms. The Morgan fingerprint density at radius 2 is 2.05 bits per heavy atom. The molecule has 1 heterocycles. The predicted octanol–water partition coefficient (Wildman–Crippen LogP) is 3.34. The van der Waals surface area contributed by atoms with Crippen LogP contribution in [0.15, 0.2) is 24.3 Å². The monoisotopic (exact) mass is 308 g/mol. The highest BCUT2D eigenvalue weighted by Crippen LogP contribution is 2.16. The molecule has 2 rings (SSSR count). The maximum absolute atomic E-state index is 12.8. The van der Waals surface area contributed by atoms with Gasteiger partial charge in [-0.25, -0.2) is 9.18 Å². The molecule has 21 heavy (non-hydrogen) atoms. The molecule has 0 spiro atoms. The van der Waals surface area contributed by atoms with Crippen LogP contribution in [0.1, 0.15) is 30.3 Å². The summed E-state index contributed by atoms with van der Waals surface area (Å²) in [5, 5.41) is 14.7. The third kappa shape index (κ3) is 5.11. The van der Waals surface area contributed by atoms with E-state index in [0.29, 0.717) is 11.7 Å². The summed E-state index contributed by atoms with van der Waals surface area (Å²) in [6.45, 7) is 2.44. The molecule has 112 valence electrons. The topological polar surface area (TPSA) is 66.9 Å². The molecule has 0 aliphatic rings. The maximum Gasteiger partial charge on any atom is 0.321 e. The van der Waals surface area contributed by atoms with Gasteiger partial charge in [-0.05, 0) is 24.1 Å². The van der Waals surface area contributed by atoms with Crippen LogP contribution in [0.5, 0.6) is 0 Å². The Morgan fingerprint density at radius 3 is 2.76 bits per heavy atom. The molecule has 2 N–H and O–H groups in total. The van der Waals surface area contributed by atoms with Crippen molar-refractivity contribution in [2.24, 2.45) is 0 Å². The molecular weight excluding hydrogens is 291 g/mol. The van der Waals surface area contributed by atoms with E-state index in [2.05, 4.69) is 27.8 Å². The Balaban J connectivity index is 1.78. The standard InChI is InChI=1S/C14H17FN4OS/c1-2-3-4-12-18-19-14(21-12)17-13(20)16-9-10-5-7-11(15)8-6-10/h5-8H,2-4,9H2,1H3,(H2,16,17,19,20). The number of hydrogen-bond acceptors (Lipinski definition) is 4. The lowest BCUT2D eigenvalue weighted by Gasteiger charge is -2.05. The molecule has 1 aromatic heterocycles. The largest absolute Gasteiger partial charge is 0.334 e. The number of nitrogens with zero attached hydrogens (tertiary/aromatic N) is 2. The molecule has 5 nitrogen and oxygen atoms in total. The van der Waals surface area contributed by atoms with E-state index in [4.69, 9.17) is 0 Å². The number of unbranched alkanes of at least 4 members (excludes halogenated alkanes) is 1. The Bertz CT molecular complexity index is 585. The second-order valence-electron chi connectivity index (χ2n) is 4.54. The zero-order valence-corrected chi connectivity index (χ0v) is 12.5. The first kappa shape index (κ1) is 15.4. The number of nitrogens with one attached hydrogen (secondary N) is 2. The van der Waals surface area contributed by atoms with Gasteiger partial charge < -0.3 is 5.32 Å². The molecule has 2 aromatic rings. The predicted molar refractivity (Wildman–Crippen MR) is 80.8 cm³/mol. The second-order valence-corrected chi connectivity index (χ2v) is 5.60. The molecule has 0 fully saturated rings. The van der Waals surface area contributed by atoms with E-state index < -0.39 is 0 Å². The first-order valence-electron chi connectivity index (χ1n) is 6.79. The van der Waals surface area contributed by atoms with E-state index in [1.54, 1.807) is 12.1 Å². The quantitative estimate of drug-likeness (QED) is 0.860. The third-order valence-corrected chi connectivity index (χ3v) is 3.70. The Labute approximate surface area is 126 Å². The Kier molecular flexibility index (Phi) is 5.62. The van der Waals surface area contributed by atoms with Crippen LogP contribution in [0.25, 0.3) is 0 Å². The molecule has 0 aliphatic carbocycles. The third-order valence-electron chi connectivity index (χ3n) is 2.80. The van der Waals surface area contributed by atoms with Crippen molar-refractivity contribution in [3.63, 3.8) is 0 Å². The summed E-state index contributed by atoms with van der Waals surface area (Å²) in [5.41, 5.74) is 0.826. The molecule has 0 radical (unpaired) electrons. The van der Waals surface area contributed by atoms with Crippen LogP contribution < -0.4 is 10.6 Å². The van der Waals surface area contributed by atoms with E-state index >= 15 is 0 Å². The Hall–Kier alpha value is -2.02. The maximum atomic E-state index is 12.8. The summed E-state index contributed by atoms with van der Waals surface area (Å²) in [4.78, 5) is 11.7. The van der Waals surface area contributed by atoms with Crippen LogP contribution in [0.4, 0.5) is 14.3 Å². The summed E-state index contributed by atoms with van der Waals surface area (Å²) in [7, 11) is 0. The summed E-state index contributed by atoms with van der Waals surface area (Å²) >= 11 is 1.38. The van der Waals surface area contributed by atoms with Crippen LogP contribution >= 0.6 is 11.3 Å². The summed E-state index contributed by atoms with van der Waals surface area (Å²) in [5.74, 6) is -0.295. The van der Waals surface area contributed by atoms with Crippen molar-refractivity contribution in [1.82, 2.24) is 15.5 Å². The lowest BCUT2D eigenvalue weighted by atomic mass is 10.2. The lowest BCUT2D eigenvalue weighted by Crippen LogP contribution is -2.28. The van der Waals surface area contributed by atoms with Gasteiger partial charge in [0.25, 0.3) is 0 Å². The molecule has 0 unspecified atom stereocenters. The van der Waals surface area contributed by atoms with Crippen LogP contribution in [-0.4, -0.2) is 16.2 Å². The van der Waals surface area contributed by atoms with E-state index in [9.17, 15) is 9.18 Å². The highest BCUT2D eigenvalue weighted by Gasteiger charge is 2.07. The van der Waals surface area contributed by atoms with E-state index in [0.717, 1.165) is 29.8 Å². The van der Waals surface area contributed by atoms with Gasteiger partial charge in [0.15, 0.2) is 0 Å². The Morgan fingerprint density at radius 1 is 1.29 bits per heavy atom. The number of rotatable bonds is 6. The van der Waals surface area contributed by atoms with Crippen LogP contribution in [0.3, 0.4) is 0 Å². The van der Waals surface area contributed by atoms with Gasteiger partial charge >= 0.3 is 6.03 Å². The number of halogens is 1. The molecule has 0 aliphatic heterocycles. The van der Waals surface area contributed by atoms with E-state index in [1.807, 2.05) is 0 Å². The number of benzene rings is 1. The average Bonchev–Trinajstić information content (AvgIpc) is 2.92. The number of carbonyl (C=O) groups excluding carboxylic acids is 1. The molecular formula is C14H17FN4OS. The number of anilines is 1. The van der Waals surface area contributed by atoms with Crippen LogP contribution in [0.2, 0.25) is 0 Å². The smallest absolute Gasteiger partial charge is 0.321 e. The van der Waals surface area contributed by atoms with E-state index in [-0.39, 0.29) is 11.8 Å². The molecule has 1 aromatic carbocycles. The number of urea groups is 1. The van der Waals surface area contributed by atoms with Crippen molar-refractivity contribution in [2.45, 2.75) is 32.7 Å². The van der Waals surface area contributed by atoms with Crippen LogP contribution in [0, 0.1) is 5.82 Å². The second kappa shape index (κ2) is 7.68. The van der Waals surface area contributed by atoms with Gasteiger partial charge in [0, 0.05) is 13.0 Å². The van der Waals surface area contributed by atoms with Crippen molar-refractivity contribution < 1.29 is 9.18 Å². The van der Waals surface area contributed by atoms with Gasteiger partial charge in [0.2, 0.25) is 5.13 Å². The fourth-order valence-electron chi connectivity index (χ4n) is 1.66. The normalized spacial score (nSPS) is 10.4. The fraction of sp³-hybridized carbons (Fsp3) is 0.357. The zero-order chi connectivity index (χ0) is 15.1. The molecule has 0 saturated heterocycles. The zero-order valence-electron chi connectivity index (χ0n) is 11.7. The summed E-state index contributed by atoms with van der Waals surface area (Å²) in [6.07, 6.45) is 3.04. The highest BCUT2D eigenvalue weighted by molar-refractivity contribution is 7.15. The number of aryl methyl sites for hydroxylation is 1. The van der Waals surface area contributed by atoms with Crippen LogP contribution in [-0.2, 0) is 13.0 Å². The SMILES string of the molecule is CCCCc1nnc(NC(=O)NCc2ccc(F)cc2)s1. The van der Waals surface area contributed by atoms with Gasteiger partial charge in [-0.1, -0.05) is 36.8 Å². The van der Waals surface area contributed by atoms with Crippen molar-refractivity contribution >= 4 is 22.5 Å². The summed E-state index contributed by atoms with van der Waals surface area (Å²) < 4.78 is 12.8. The highest BCUT2D eigenvalue weighted by atomic mass is 32.1. The molecule has 0 bridgehead atoms. The molecule has 0 atom stereocenters. The van der Waals surface area contributed by atoms with Gasteiger partial charge in [0.1, 0.15) is 10.8 Å². The molecule has 0 saturated carbocycles. The number of aromatic nitrogens is 2. The average molecular weight is 308 g/mol. The van der Waals surface area contributed by atoms with Gasteiger partial charge in [-0.3, -0.25) is 5.32 Å². The first-order valence-corrected chi connectivity index (χ1v) is 7.60. The van der Waals surface area contributed by atoms with Crippen molar-refractivity contribution in [3.05, 3.63) is 40.7 Å². The number of hydrogen-bond donors (Lipinski definition) is 2. The van der Waals surface area contributed by atoms with Gasteiger partial charge in [-0.2, -0.15) is 0 Å². The van der Waals surface area contributed by atoms with Crippen molar-refractivity contribution in [2.75, 3.05) is 5.32 Å². The minimum absolute atomic E-state index is 0.295. The summed E-state index contributed by atoms with van der Waals surface area (Å²) in [6, 6.07) is 5.63. The van der Waals surface area contributed by atoms with Gasteiger partial charge in [-0.15, -0.1) is 10.2 Å². The first-order chi connectivity index (χ1) is 10.2.